The van der Waals surface area contributed by atoms with Gasteiger partial charge in [0.15, 0.2) is 6.61 Å². The third-order valence-corrected chi connectivity index (χ3v) is 3.54. The van der Waals surface area contributed by atoms with Gasteiger partial charge in [-0.2, -0.15) is 0 Å². The van der Waals surface area contributed by atoms with Crippen LogP contribution in [0.2, 0.25) is 5.02 Å². The zero-order chi connectivity index (χ0) is 18.2. The quantitative estimate of drug-likeness (QED) is 0.781. The number of amides is 2. The topological polar surface area (TPSA) is 81.9 Å². The Morgan fingerprint density at radius 2 is 1.76 bits per heavy atom. The van der Waals surface area contributed by atoms with Crippen LogP contribution >= 0.6 is 11.6 Å². The molecule has 0 saturated heterocycles. The summed E-state index contributed by atoms with van der Waals surface area (Å²) in [5, 5.41) is 0.592. The van der Waals surface area contributed by atoms with Crippen LogP contribution < -0.4 is 15.2 Å². The molecule has 0 fully saturated rings. The van der Waals surface area contributed by atoms with Crippen LogP contribution in [0.3, 0.4) is 0 Å². The van der Waals surface area contributed by atoms with Crippen molar-refractivity contribution in [2.45, 2.75) is 0 Å². The van der Waals surface area contributed by atoms with Crippen LogP contribution in [-0.2, 0) is 4.79 Å². The molecule has 2 amide bonds. The van der Waals surface area contributed by atoms with E-state index in [-0.39, 0.29) is 12.5 Å². The lowest BCUT2D eigenvalue weighted by Crippen LogP contribution is -2.30. The van der Waals surface area contributed by atoms with Crippen LogP contribution in [-0.4, -0.2) is 43.5 Å². The van der Waals surface area contributed by atoms with Gasteiger partial charge < -0.3 is 20.1 Å². The van der Waals surface area contributed by atoms with Crippen LogP contribution in [0.5, 0.6) is 11.5 Å². The number of hydrogen-bond acceptors (Lipinski definition) is 4. The van der Waals surface area contributed by atoms with Gasteiger partial charge in [-0.15, -0.1) is 0 Å². The third-order valence-electron chi connectivity index (χ3n) is 3.30. The first-order valence-corrected chi connectivity index (χ1v) is 7.98. The lowest BCUT2D eigenvalue weighted by atomic mass is 10.2. The van der Waals surface area contributed by atoms with E-state index in [1.807, 2.05) is 0 Å². The lowest BCUT2D eigenvalue weighted by Gasteiger charge is -2.18. The van der Waals surface area contributed by atoms with Crippen LogP contribution in [0.4, 0.5) is 0 Å². The molecule has 0 bridgehead atoms. The van der Waals surface area contributed by atoms with E-state index in [2.05, 4.69) is 0 Å². The Labute approximate surface area is 151 Å². The van der Waals surface area contributed by atoms with Crippen molar-refractivity contribution < 1.29 is 19.1 Å². The maximum absolute atomic E-state index is 12.4. The number of nitrogens with two attached hydrogens (primary N) is 1. The van der Waals surface area contributed by atoms with Crippen molar-refractivity contribution in [1.29, 1.82) is 0 Å². The van der Waals surface area contributed by atoms with Crippen LogP contribution in [0.25, 0.3) is 0 Å². The van der Waals surface area contributed by atoms with E-state index < -0.39 is 5.91 Å². The van der Waals surface area contributed by atoms with Crippen LogP contribution in [0, 0.1) is 0 Å². The molecule has 0 unspecified atom stereocenters. The Morgan fingerprint density at radius 3 is 2.44 bits per heavy atom. The summed E-state index contributed by atoms with van der Waals surface area (Å²) in [6, 6.07) is 13.6. The monoisotopic (exact) mass is 362 g/mol. The first-order valence-electron chi connectivity index (χ1n) is 7.60. The second kappa shape index (κ2) is 8.94. The smallest absolute Gasteiger partial charge is 0.255 e. The molecular formula is C18H19ClN2O4. The minimum atomic E-state index is -0.577. The molecule has 0 aliphatic heterocycles. The van der Waals surface area contributed by atoms with Crippen molar-refractivity contribution >= 4 is 23.4 Å². The van der Waals surface area contributed by atoms with E-state index in [4.69, 9.17) is 26.8 Å². The molecule has 0 atom stereocenters. The van der Waals surface area contributed by atoms with Crippen molar-refractivity contribution in [3.8, 4) is 11.5 Å². The number of primary amides is 1. The second-order valence-corrected chi connectivity index (χ2v) is 5.75. The van der Waals surface area contributed by atoms with Gasteiger partial charge in [-0.3, -0.25) is 9.59 Å². The molecule has 7 heteroatoms. The molecule has 0 aromatic heterocycles. The minimum absolute atomic E-state index is 0.181. The Hall–Kier alpha value is -2.73. The number of carbonyl (C=O) groups excluding carboxylic acids is 2. The predicted octanol–water partition coefficient (Wildman–Crippen LogP) is 2.36. The summed E-state index contributed by atoms with van der Waals surface area (Å²) >= 11 is 5.89. The fourth-order valence-corrected chi connectivity index (χ4v) is 2.23. The Bertz CT molecular complexity index is 751. The fraction of sp³-hybridized carbons (Fsp3) is 0.222. The largest absolute Gasteiger partial charge is 0.492 e. The molecule has 25 heavy (non-hydrogen) atoms. The van der Waals surface area contributed by atoms with Crippen LogP contribution in [0.15, 0.2) is 48.5 Å². The fourth-order valence-electron chi connectivity index (χ4n) is 2.05. The van der Waals surface area contributed by atoms with Gasteiger partial charge in [0.25, 0.3) is 11.8 Å². The maximum Gasteiger partial charge on any atom is 0.255 e. The Kier molecular flexibility index (Phi) is 6.65. The maximum atomic E-state index is 12.4. The average Bonchev–Trinajstić information content (AvgIpc) is 2.59. The summed E-state index contributed by atoms with van der Waals surface area (Å²) in [5.41, 5.74) is 5.49. The first kappa shape index (κ1) is 18.6. The van der Waals surface area contributed by atoms with Gasteiger partial charge in [-0.1, -0.05) is 23.7 Å². The van der Waals surface area contributed by atoms with Gasteiger partial charge in [-0.25, -0.2) is 0 Å². The number of hydrogen-bond donors (Lipinski definition) is 1. The summed E-state index contributed by atoms with van der Waals surface area (Å²) in [6.45, 7) is 0.499. The molecule has 6 nitrogen and oxygen atoms in total. The molecule has 0 spiro atoms. The van der Waals surface area contributed by atoms with Gasteiger partial charge in [0, 0.05) is 17.6 Å². The van der Waals surface area contributed by atoms with Gasteiger partial charge in [0.1, 0.15) is 18.1 Å². The standard InChI is InChI=1S/C18H19ClN2O4/c1-21(8-9-24-16-7-3-5-14(19)11-16)18(23)13-4-2-6-15(10-13)25-12-17(20)22/h2-7,10-11H,8-9,12H2,1H3,(H2,20,22). The molecule has 0 aliphatic carbocycles. The second-order valence-electron chi connectivity index (χ2n) is 5.32. The van der Waals surface area contributed by atoms with Gasteiger partial charge in [0.05, 0.1) is 6.54 Å². The molecule has 0 radical (unpaired) electrons. The summed E-state index contributed by atoms with van der Waals surface area (Å²) in [5.74, 6) is 0.301. The number of halogens is 1. The average molecular weight is 363 g/mol. The van der Waals surface area contributed by atoms with Crippen molar-refractivity contribution in [2.24, 2.45) is 5.73 Å². The van der Waals surface area contributed by atoms with E-state index in [1.165, 1.54) is 4.90 Å². The highest BCUT2D eigenvalue weighted by Gasteiger charge is 2.12. The van der Waals surface area contributed by atoms with Crippen molar-refractivity contribution in [3.63, 3.8) is 0 Å². The molecule has 2 rings (SSSR count). The summed E-state index contributed by atoms with van der Waals surface area (Å²) in [7, 11) is 1.68. The lowest BCUT2D eigenvalue weighted by molar-refractivity contribution is -0.119. The number of likely N-dealkylation sites (N-methyl/N-ethyl adjacent to an activating group) is 1. The highest BCUT2D eigenvalue weighted by atomic mass is 35.5. The number of rotatable bonds is 8. The Morgan fingerprint density at radius 1 is 1.08 bits per heavy atom. The zero-order valence-electron chi connectivity index (χ0n) is 13.8. The molecule has 2 N–H and O–H groups in total. The van der Waals surface area contributed by atoms with Crippen LogP contribution in [0.1, 0.15) is 10.4 Å². The van der Waals surface area contributed by atoms with E-state index in [9.17, 15) is 9.59 Å². The molecular weight excluding hydrogens is 344 g/mol. The molecule has 2 aromatic rings. The van der Waals surface area contributed by atoms with Crippen molar-refractivity contribution in [2.75, 3.05) is 26.8 Å². The molecule has 0 aliphatic rings. The zero-order valence-corrected chi connectivity index (χ0v) is 14.5. The minimum Gasteiger partial charge on any atom is -0.492 e. The summed E-state index contributed by atoms with van der Waals surface area (Å²) in [6.07, 6.45) is 0. The van der Waals surface area contributed by atoms with Gasteiger partial charge in [-0.05, 0) is 36.4 Å². The SMILES string of the molecule is CN(CCOc1cccc(Cl)c1)C(=O)c1cccc(OCC(N)=O)c1. The first-order chi connectivity index (χ1) is 12.0. The van der Waals surface area contributed by atoms with E-state index in [0.717, 1.165) is 0 Å². The number of ether oxygens (including phenoxy) is 2. The molecule has 0 saturated carbocycles. The van der Waals surface area contributed by atoms with Crippen molar-refractivity contribution in [3.05, 3.63) is 59.1 Å². The molecule has 0 heterocycles. The highest BCUT2D eigenvalue weighted by Crippen LogP contribution is 2.17. The van der Waals surface area contributed by atoms with Gasteiger partial charge >= 0.3 is 0 Å². The number of carbonyl (C=O) groups is 2. The predicted molar refractivity (Wildman–Crippen MR) is 95.0 cm³/mol. The number of nitrogens with zero attached hydrogens (tertiary/aromatic N) is 1. The normalized spacial score (nSPS) is 10.2. The number of benzene rings is 2. The molecule has 132 valence electrons. The Balaban J connectivity index is 1.88. The van der Waals surface area contributed by atoms with Gasteiger partial charge in [0.2, 0.25) is 0 Å². The molecule has 2 aromatic carbocycles. The van der Waals surface area contributed by atoms with Crippen molar-refractivity contribution in [1.82, 2.24) is 4.90 Å². The summed E-state index contributed by atoms with van der Waals surface area (Å²) in [4.78, 5) is 24.7. The van der Waals surface area contributed by atoms with E-state index >= 15 is 0 Å². The third kappa shape index (κ3) is 6.00. The van der Waals surface area contributed by atoms with E-state index in [1.54, 1.807) is 55.6 Å². The summed E-state index contributed by atoms with van der Waals surface area (Å²) < 4.78 is 10.8. The highest BCUT2D eigenvalue weighted by molar-refractivity contribution is 6.30. The van der Waals surface area contributed by atoms with E-state index in [0.29, 0.717) is 35.2 Å².